The van der Waals surface area contributed by atoms with Gasteiger partial charge in [-0.2, -0.15) is 18.4 Å². The second-order valence-electron chi connectivity index (χ2n) is 4.62. The molecule has 0 unspecified atom stereocenters. The first-order chi connectivity index (χ1) is 7.95. The third kappa shape index (κ3) is 2.44. The maximum atomic E-state index is 12.3. The molecule has 1 aromatic carbocycles. The van der Waals surface area contributed by atoms with Gasteiger partial charge in [0, 0.05) is 0 Å². The highest BCUT2D eigenvalue weighted by Crippen LogP contribution is 2.43. The Balaban J connectivity index is 2.12. The van der Waals surface area contributed by atoms with Gasteiger partial charge in [-0.3, -0.25) is 0 Å². The van der Waals surface area contributed by atoms with Crippen LogP contribution in [0.1, 0.15) is 30.4 Å². The molecule has 0 saturated heterocycles. The highest BCUT2D eigenvalue weighted by atomic mass is 19.4. The first kappa shape index (κ1) is 12.0. The molecule has 0 aliphatic heterocycles. The van der Waals surface area contributed by atoms with Crippen LogP contribution < -0.4 is 0 Å². The fraction of sp³-hybridized carbons (Fsp3) is 0.462. The highest BCUT2D eigenvalue weighted by molar-refractivity contribution is 5.27. The Kier molecular flexibility index (Phi) is 2.86. The van der Waals surface area contributed by atoms with E-state index >= 15 is 0 Å². The van der Waals surface area contributed by atoms with Gasteiger partial charge in [-0.1, -0.05) is 18.6 Å². The molecule has 1 nitrogen and oxygen atoms in total. The zero-order valence-electron chi connectivity index (χ0n) is 9.22. The lowest BCUT2D eigenvalue weighted by atomic mass is 9.66. The van der Waals surface area contributed by atoms with Gasteiger partial charge in [-0.05, 0) is 37.0 Å². The number of halogens is 3. The zero-order valence-corrected chi connectivity index (χ0v) is 9.22. The molecule has 0 atom stereocenters. The standard InChI is InChI=1S/C13H12F3N/c14-13(15,16)11-4-2-10(3-5-11)8-12(9-17)6-1-7-12/h2-5H,1,6-8H2. The number of hydrogen-bond donors (Lipinski definition) is 0. The lowest BCUT2D eigenvalue weighted by molar-refractivity contribution is -0.137. The third-order valence-electron chi connectivity index (χ3n) is 3.37. The first-order valence-electron chi connectivity index (χ1n) is 5.53. The second-order valence-corrected chi connectivity index (χ2v) is 4.62. The van der Waals surface area contributed by atoms with E-state index in [4.69, 9.17) is 5.26 Å². The van der Waals surface area contributed by atoms with Gasteiger partial charge in [-0.25, -0.2) is 0 Å². The van der Waals surface area contributed by atoms with Gasteiger partial charge in [0.05, 0.1) is 17.0 Å². The van der Waals surface area contributed by atoms with Crippen molar-refractivity contribution in [3.05, 3.63) is 35.4 Å². The van der Waals surface area contributed by atoms with Gasteiger partial charge in [0.25, 0.3) is 0 Å². The van der Waals surface area contributed by atoms with Gasteiger partial charge in [0.2, 0.25) is 0 Å². The monoisotopic (exact) mass is 239 g/mol. The minimum absolute atomic E-state index is 0.334. The van der Waals surface area contributed by atoms with Crippen LogP contribution in [-0.4, -0.2) is 0 Å². The first-order valence-corrected chi connectivity index (χ1v) is 5.53. The van der Waals surface area contributed by atoms with E-state index in [9.17, 15) is 13.2 Å². The Labute approximate surface area is 97.9 Å². The van der Waals surface area contributed by atoms with Crippen molar-refractivity contribution >= 4 is 0 Å². The molecule has 2 rings (SSSR count). The molecule has 0 spiro atoms. The van der Waals surface area contributed by atoms with Crippen molar-refractivity contribution in [2.24, 2.45) is 5.41 Å². The van der Waals surface area contributed by atoms with Crippen molar-refractivity contribution in [2.45, 2.75) is 31.9 Å². The molecule has 4 heteroatoms. The van der Waals surface area contributed by atoms with Crippen LogP contribution in [0.5, 0.6) is 0 Å². The number of benzene rings is 1. The molecule has 90 valence electrons. The quantitative estimate of drug-likeness (QED) is 0.766. The summed E-state index contributed by atoms with van der Waals surface area (Å²) >= 11 is 0. The number of nitrogens with zero attached hydrogens (tertiary/aromatic N) is 1. The Bertz CT molecular complexity index is 435. The number of nitriles is 1. The van der Waals surface area contributed by atoms with Crippen LogP contribution in [0.3, 0.4) is 0 Å². The van der Waals surface area contributed by atoms with E-state index in [0.717, 1.165) is 37.0 Å². The molecule has 0 heterocycles. The van der Waals surface area contributed by atoms with Crippen molar-refractivity contribution in [1.29, 1.82) is 5.26 Å². The van der Waals surface area contributed by atoms with Crippen molar-refractivity contribution in [1.82, 2.24) is 0 Å². The molecule has 1 saturated carbocycles. The molecule has 0 amide bonds. The lowest BCUT2D eigenvalue weighted by Crippen LogP contribution is -2.29. The smallest absolute Gasteiger partial charge is 0.198 e. The van der Waals surface area contributed by atoms with E-state index in [1.165, 1.54) is 12.1 Å². The molecule has 17 heavy (non-hydrogen) atoms. The normalized spacial score (nSPS) is 18.2. The summed E-state index contributed by atoms with van der Waals surface area (Å²) in [6.45, 7) is 0. The summed E-state index contributed by atoms with van der Waals surface area (Å²) in [5.74, 6) is 0. The second kappa shape index (κ2) is 4.06. The van der Waals surface area contributed by atoms with Crippen LogP contribution in [0.2, 0.25) is 0 Å². The fourth-order valence-electron chi connectivity index (χ4n) is 2.13. The molecule has 1 aliphatic rings. The largest absolute Gasteiger partial charge is 0.416 e. The maximum Gasteiger partial charge on any atom is 0.416 e. The molecule has 1 aromatic rings. The van der Waals surface area contributed by atoms with Crippen molar-refractivity contribution in [3.63, 3.8) is 0 Å². The maximum absolute atomic E-state index is 12.3. The predicted octanol–water partition coefficient (Wildman–Crippen LogP) is 3.94. The molecular formula is C13H12F3N. The van der Waals surface area contributed by atoms with Crippen molar-refractivity contribution < 1.29 is 13.2 Å². The third-order valence-corrected chi connectivity index (χ3v) is 3.37. The van der Waals surface area contributed by atoms with E-state index in [1.54, 1.807) is 0 Å². The highest BCUT2D eigenvalue weighted by Gasteiger charge is 2.37. The summed E-state index contributed by atoms with van der Waals surface area (Å²) in [5.41, 5.74) is -0.167. The average Bonchev–Trinajstić information content (AvgIpc) is 2.23. The SMILES string of the molecule is N#CC1(Cc2ccc(C(F)(F)F)cc2)CCC1. The van der Waals surface area contributed by atoms with Gasteiger partial charge >= 0.3 is 6.18 Å². The molecule has 0 N–H and O–H groups in total. The van der Waals surface area contributed by atoms with Crippen molar-refractivity contribution in [3.8, 4) is 6.07 Å². The van der Waals surface area contributed by atoms with E-state index in [1.807, 2.05) is 0 Å². The summed E-state index contributed by atoms with van der Waals surface area (Å²) in [7, 11) is 0. The van der Waals surface area contributed by atoms with Gasteiger partial charge in [-0.15, -0.1) is 0 Å². The number of rotatable bonds is 2. The van der Waals surface area contributed by atoms with E-state index in [0.29, 0.717) is 6.42 Å². The van der Waals surface area contributed by atoms with Crippen LogP contribution in [0.25, 0.3) is 0 Å². The Hall–Kier alpha value is -1.50. The predicted molar refractivity (Wildman–Crippen MR) is 57.0 cm³/mol. The van der Waals surface area contributed by atoms with E-state index in [-0.39, 0.29) is 5.41 Å². The van der Waals surface area contributed by atoms with Gasteiger partial charge in [0.1, 0.15) is 0 Å². The molecule has 1 aliphatic carbocycles. The molecule has 0 aromatic heterocycles. The summed E-state index contributed by atoms with van der Waals surface area (Å²) in [4.78, 5) is 0. The van der Waals surface area contributed by atoms with E-state index in [2.05, 4.69) is 6.07 Å². The number of alkyl halides is 3. The minimum Gasteiger partial charge on any atom is -0.198 e. The van der Waals surface area contributed by atoms with E-state index < -0.39 is 11.7 Å². The summed E-state index contributed by atoms with van der Waals surface area (Å²) in [5, 5.41) is 9.05. The van der Waals surface area contributed by atoms with Gasteiger partial charge < -0.3 is 0 Å². The Morgan fingerprint density at radius 1 is 1.18 bits per heavy atom. The lowest BCUT2D eigenvalue weighted by Gasteiger charge is -2.35. The van der Waals surface area contributed by atoms with Crippen molar-refractivity contribution in [2.75, 3.05) is 0 Å². The Morgan fingerprint density at radius 2 is 1.76 bits per heavy atom. The van der Waals surface area contributed by atoms with Crippen LogP contribution in [-0.2, 0) is 12.6 Å². The Morgan fingerprint density at radius 3 is 2.12 bits per heavy atom. The van der Waals surface area contributed by atoms with Crippen LogP contribution in [0, 0.1) is 16.7 Å². The molecule has 1 fully saturated rings. The zero-order chi connectivity index (χ0) is 12.5. The summed E-state index contributed by atoms with van der Waals surface area (Å²) < 4.78 is 37.0. The van der Waals surface area contributed by atoms with Crippen LogP contribution in [0.15, 0.2) is 24.3 Å². The fourth-order valence-corrected chi connectivity index (χ4v) is 2.13. The topological polar surface area (TPSA) is 23.8 Å². The van der Waals surface area contributed by atoms with Crippen LogP contribution in [0.4, 0.5) is 13.2 Å². The summed E-state index contributed by atoms with van der Waals surface area (Å²) in [6, 6.07) is 7.40. The molecular weight excluding hydrogens is 227 g/mol. The molecule has 0 bridgehead atoms. The van der Waals surface area contributed by atoms with Crippen LogP contribution >= 0.6 is 0 Å². The van der Waals surface area contributed by atoms with Gasteiger partial charge in [0.15, 0.2) is 0 Å². The summed E-state index contributed by atoms with van der Waals surface area (Å²) in [6.07, 6.45) is -0.993. The molecule has 0 radical (unpaired) electrons. The minimum atomic E-state index is -4.29. The average molecular weight is 239 g/mol. The number of hydrogen-bond acceptors (Lipinski definition) is 1.